The summed E-state index contributed by atoms with van der Waals surface area (Å²) in [5, 5.41) is 3.23. The molecule has 4 heteroatoms. The van der Waals surface area contributed by atoms with Crippen LogP contribution in [0, 0.1) is 0 Å². The van der Waals surface area contributed by atoms with Gasteiger partial charge < -0.3 is 10.1 Å². The van der Waals surface area contributed by atoms with Crippen LogP contribution in [0.25, 0.3) is 0 Å². The predicted octanol–water partition coefficient (Wildman–Crippen LogP) is 4.18. The summed E-state index contributed by atoms with van der Waals surface area (Å²) in [6, 6.07) is 16.2. The lowest BCUT2D eigenvalue weighted by atomic mass is 10.1. The zero-order valence-electron chi connectivity index (χ0n) is 11.8. The van der Waals surface area contributed by atoms with Gasteiger partial charge in [-0.2, -0.15) is 0 Å². The van der Waals surface area contributed by atoms with Crippen molar-refractivity contribution in [2.75, 3.05) is 13.2 Å². The van der Waals surface area contributed by atoms with Crippen LogP contribution in [0.5, 0.6) is 5.75 Å². The summed E-state index contributed by atoms with van der Waals surface area (Å²) in [6.07, 6.45) is -1.55. The molecule has 0 bridgehead atoms. The molecular formula is C17H19F2NO. The lowest BCUT2D eigenvalue weighted by Gasteiger charge is -2.08. The zero-order chi connectivity index (χ0) is 14.9. The van der Waals surface area contributed by atoms with E-state index in [1.807, 2.05) is 36.4 Å². The molecule has 0 atom stereocenters. The largest absolute Gasteiger partial charge is 0.494 e. The number of ether oxygens (including phenoxy) is 1. The molecule has 1 N–H and O–H groups in total. The van der Waals surface area contributed by atoms with Crippen LogP contribution < -0.4 is 10.1 Å². The molecule has 0 saturated heterocycles. The van der Waals surface area contributed by atoms with Crippen LogP contribution in [0.1, 0.15) is 24.0 Å². The zero-order valence-corrected chi connectivity index (χ0v) is 11.8. The van der Waals surface area contributed by atoms with Crippen LogP contribution in [-0.2, 0) is 6.54 Å². The van der Waals surface area contributed by atoms with Gasteiger partial charge in [0.05, 0.1) is 6.61 Å². The minimum atomic E-state index is -2.41. The number of alkyl halides is 2. The minimum Gasteiger partial charge on any atom is -0.494 e. The molecule has 0 aliphatic heterocycles. The predicted molar refractivity (Wildman–Crippen MR) is 79.7 cm³/mol. The highest BCUT2D eigenvalue weighted by Gasteiger charge is 2.06. The molecule has 2 nitrogen and oxygen atoms in total. The fourth-order valence-corrected chi connectivity index (χ4v) is 1.98. The van der Waals surface area contributed by atoms with Crippen molar-refractivity contribution in [3.63, 3.8) is 0 Å². The van der Waals surface area contributed by atoms with Gasteiger partial charge in [0.2, 0.25) is 0 Å². The minimum absolute atomic E-state index is 0.0710. The van der Waals surface area contributed by atoms with Crippen LogP contribution in [0.4, 0.5) is 8.78 Å². The molecule has 0 heterocycles. The van der Waals surface area contributed by atoms with Crippen LogP contribution in [0.2, 0.25) is 0 Å². The lowest BCUT2D eigenvalue weighted by Crippen LogP contribution is -2.17. The van der Waals surface area contributed by atoms with E-state index in [1.54, 1.807) is 6.07 Å². The average Bonchev–Trinajstić information content (AvgIpc) is 2.52. The first kappa shape index (κ1) is 15.4. The Hall–Kier alpha value is -1.94. The third-order valence-corrected chi connectivity index (χ3v) is 3.04. The molecule has 2 rings (SSSR count). The maximum Gasteiger partial charge on any atom is 0.263 e. The molecule has 2 aromatic carbocycles. The van der Waals surface area contributed by atoms with E-state index in [2.05, 4.69) is 5.32 Å². The van der Waals surface area contributed by atoms with Gasteiger partial charge in [0.1, 0.15) is 5.75 Å². The van der Waals surface area contributed by atoms with E-state index >= 15 is 0 Å². The second-order valence-electron chi connectivity index (χ2n) is 4.74. The van der Waals surface area contributed by atoms with Gasteiger partial charge in [-0.15, -0.1) is 0 Å². The van der Waals surface area contributed by atoms with E-state index in [9.17, 15) is 8.78 Å². The second-order valence-corrected chi connectivity index (χ2v) is 4.74. The van der Waals surface area contributed by atoms with Crippen molar-refractivity contribution in [3.8, 4) is 5.75 Å². The van der Waals surface area contributed by atoms with Gasteiger partial charge in [0, 0.05) is 12.1 Å². The summed E-state index contributed by atoms with van der Waals surface area (Å²) in [7, 11) is 0. The molecule has 21 heavy (non-hydrogen) atoms. The number of hydrogen-bond donors (Lipinski definition) is 1. The molecule has 0 fully saturated rings. The third kappa shape index (κ3) is 5.52. The van der Waals surface area contributed by atoms with Crippen molar-refractivity contribution in [2.45, 2.75) is 19.4 Å². The SMILES string of the molecule is FC(F)c1cccc(CNCCCOc2ccccc2)c1. The number of hydrogen-bond acceptors (Lipinski definition) is 2. The molecule has 0 spiro atoms. The fraction of sp³-hybridized carbons (Fsp3) is 0.294. The van der Waals surface area contributed by atoms with Gasteiger partial charge in [-0.1, -0.05) is 36.4 Å². The van der Waals surface area contributed by atoms with Crippen molar-refractivity contribution in [2.24, 2.45) is 0 Å². The summed E-state index contributed by atoms with van der Waals surface area (Å²) in [6.45, 7) is 2.01. The van der Waals surface area contributed by atoms with Crippen LogP contribution in [0.15, 0.2) is 54.6 Å². The number of rotatable bonds is 8. The number of benzene rings is 2. The average molecular weight is 291 g/mol. The van der Waals surface area contributed by atoms with E-state index in [1.165, 1.54) is 12.1 Å². The Morgan fingerprint density at radius 3 is 2.57 bits per heavy atom. The maximum absolute atomic E-state index is 12.6. The Morgan fingerprint density at radius 2 is 1.81 bits per heavy atom. The van der Waals surface area contributed by atoms with Gasteiger partial charge in [-0.3, -0.25) is 0 Å². The molecule has 0 aliphatic rings. The topological polar surface area (TPSA) is 21.3 Å². The summed E-state index contributed by atoms with van der Waals surface area (Å²) in [5.74, 6) is 0.863. The summed E-state index contributed by atoms with van der Waals surface area (Å²) < 4.78 is 30.7. The number of halogens is 2. The second kappa shape index (κ2) is 8.37. The molecule has 112 valence electrons. The van der Waals surface area contributed by atoms with E-state index in [-0.39, 0.29) is 5.56 Å². The van der Waals surface area contributed by atoms with Crippen LogP contribution in [-0.4, -0.2) is 13.2 Å². The van der Waals surface area contributed by atoms with Crippen molar-refractivity contribution in [3.05, 3.63) is 65.7 Å². The first-order valence-corrected chi connectivity index (χ1v) is 7.01. The first-order chi connectivity index (χ1) is 10.3. The maximum atomic E-state index is 12.6. The van der Waals surface area contributed by atoms with Gasteiger partial charge in [0.15, 0.2) is 0 Å². The van der Waals surface area contributed by atoms with Crippen LogP contribution >= 0.6 is 0 Å². The smallest absolute Gasteiger partial charge is 0.263 e. The highest BCUT2D eigenvalue weighted by Crippen LogP contribution is 2.19. The Kier molecular flexibility index (Phi) is 6.16. The highest BCUT2D eigenvalue weighted by molar-refractivity contribution is 5.24. The van der Waals surface area contributed by atoms with E-state index in [0.717, 1.165) is 24.3 Å². The quantitative estimate of drug-likeness (QED) is 0.737. The van der Waals surface area contributed by atoms with E-state index < -0.39 is 6.43 Å². The third-order valence-electron chi connectivity index (χ3n) is 3.04. The van der Waals surface area contributed by atoms with Crippen molar-refractivity contribution in [1.29, 1.82) is 0 Å². The highest BCUT2D eigenvalue weighted by atomic mass is 19.3. The summed E-state index contributed by atoms with van der Waals surface area (Å²) in [4.78, 5) is 0. The Bertz CT molecular complexity index is 531. The summed E-state index contributed by atoms with van der Waals surface area (Å²) >= 11 is 0. The van der Waals surface area contributed by atoms with Gasteiger partial charge in [0.25, 0.3) is 6.43 Å². The molecule has 2 aromatic rings. The monoisotopic (exact) mass is 291 g/mol. The van der Waals surface area contributed by atoms with Crippen molar-refractivity contribution in [1.82, 2.24) is 5.32 Å². The lowest BCUT2D eigenvalue weighted by molar-refractivity contribution is 0.151. The van der Waals surface area contributed by atoms with Gasteiger partial charge in [-0.25, -0.2) is 8.78 Å². The van der Waals surface area contributed by atoms with E-state index in [0.29, 0.717) is 13.2 Å². The number of nitrogens with one attached hydrogen (secondary N) is 1. The standard InChI is InChI=1S/C17H19F2NO/c18-17(19)15-7-4-6-14(12-15)13-20-10-5-11-21-16-8-2-1-3-9-16/h1-4,6-9,12,17,20H,5,10-11,13H2. The molecule has 0 radical (unpaired) electrons. The Labute approximate surface area is 123 Å². The Balaban J connectivity index is 1.62. The van der Waals surface area contributed by atoms with Crippen LogP contribution in [0.3, 0.4) is 0 Å². The van der Waals surface area contributed by atoms with Crippen molar-refractivity contribution >= 4 is 0 Å². The number of para-hydroxylation sites is 1. The molecule has 0 amide bonds. The first-order valence-electron chi connectivity index (χ1n) is 7.01. The molecular weight excluding hydrogens is 272 g/mol. The van der Waals surface area contributed by atoms with Gasteiger partial charge >= 0.3 is 0 Å². The molecule has 0 unspecified atom stereocenters. The van der Waals surface area contributed by atoms with Crippen molar-refractivity contribution < 1.29 is 13.5 Å². The molecule has 0 aliphatic carbocycles. The summed E-state index contributed by atoms with van der Waals surface area (Å²) in [5.41, 5.74) is 0.943. The fourth-order valence-electron chi connectivity index (χ4n) is 1.98. The Morgan fingerprint density at radius 1 is 1.00 bits per heavy atom. The van der Waals surface area contributed by atoms with E-state index in [4.69, 9.17) is 4.74 Å². The van der Waals surface area contributed by atoms with Gasteiger partial charge in [-0.05, 0) is 36.7 Å². The molecule has 0 saturated carbocycles. The normalized spacial score (nSPS) is 10.8. The molecule has 0 aromatic heterocycles.